The number of aromatic amines is 1. The Kier molecular flexibility index (Phi) is 5.14. The molecule has 146 valence electrons. The SMILES string of the molecule is Cc1cc(C(=O)N2CCN(S(=O)(=O)c3ccc(C(C)(C)C)cc3)CC2)n[nH]1. The minimum atomic E-state index is -3.56. The van der Waals surface area contributed by atoms with Gasteiger partial charge in [-0.1, -0.05) is 32.9 Å². The molecular formula is C19H26N4O3S. The Balaban J connectivity index is 1.68. The van der Waals surface area contributed by atoms with Crippen LogP contribution in [0.15, 0.2) is 35.2 Å². The van der Waals surface area contributed by atoms with Crippen molar-refractivity contribution in [3.05, 3.63) is 47.3 Å². The predicted octanol–water partition coefficient (Wildman–Crippen LogP) is 2.16. The summed E-state index contributed by atoms with van der Waals surface area (Å²) in [6.45, 7) is 9.36. The van der Waals surface area contributed by atoms with Crippen LogP contribution in [0.3, 0.4) is 0 Å². The van der Waals surface area contributed by atoms with Crippen LogP contribution in [0.5, 0.6) is 0 Å². The quantitative estimate of drug-likeness (QED) is 0.870. The summed E-state index contributed by atoms with van der Waals surface area (Å²) in [5.74, 6) is -0.175. The zero-order valence-electron chi connectivity index (χ0n) is 16.2. The van der Waals surface area contributed by atoms with Crippen molar-refractivity contribution in [2.75, 3.05) is 26.2 Å². The van der Waals surface area contributed by atoms with Gasteiger partial charge in [0.1, 0.15) is 5.69 Å². The minimum absolute atomic E-state index is 0.0289. The second kappa shape index (κ2) is 7.09. The fourth-order valence-electron chi connectivity index (χ4n) is 3.10. The first kappa shape index (κ1) is 19.6. The first-order valence-corrected chi connectivity index (χ1v) is 10.4. The van der Waals surface area contributed by atoms with E-state index in [0.29, 0.717) is 23.7 Å². The molecule has 0 aliphatic carbocycles. The lowest BCUT2D eigenvalue weighted by molar-refractivity contribution is 0.0692. The number of sulfonamides is 1. The molecular weight excluding hydrogens is 364 g/mol. The van der Waals surface area contributed by atoms with E-state index in [1.54, 1.807) is 23.1 Å². The molecule has 0 spiro atoms. The predicted molar refractivity (Wildman–Crippen MR) is 103 cm³/mol. The number of nitrogens with zero attached hydrogens (tertiary/aromatic N) is 3. The highest BCUT2D eigenvalue weighted by atomic mass is 32.2. The Bertz CT molecular complexity index is 919. The van der Waals surface area contributed by atoms with Crippen molar-refractivity contribution in [3.8, 4) is 0 Å². The van der Waals surface area contributed by atoms with Crippen LogP contribution in [-0.2, 0) is 15.4 Å². The van der Waals surface area contributed by atoms with Crippen molar-refractivity contribution in [1.82, 2.24) is 19.4 Å². The Hall–Kier alpha value is -2.19. The largest absolute Gasteiger partial charge is 0.335 e. The van der Waals surface area contributed by atoms with Crippen LogP contribution in [-0.4, -0.2) is 59.9 Å². The molecule has 1 fully saturated rings. The standard InChI is InChI=1S/C19H26N4O3S/c1-14-13-17(21-20-14)18(24)22-9-11-23(12-10-22)27(25,26)16-7-5-15(6-8-16)19(2,3)4/h5-8,13H,9-12H2,1-4H3,(H,20,21). The van der Waals surface area contributed by atoms with Gasteiger partial charge in [0.15, 0.2) is 0 Å². The molecule has 0 radical (unpaired) electrons. The van der Waals surface area contributed by atoms with E-state index < -0.39 is 10.0 Å². The summed E-state index contributed by atoms with van der Waals surface area (Å²) in [6, 6.07) is 8.77. The van der Waals surface area contributed by atoms with Crippen molar-refractivity contribution < 1.29 is 13.2 Å². The molecule has 3 rings (SSSR count). The number of carbonyl (C=O) groups is 1. The molecule has 0 atom stereocenters. The van der Waals surface area contributed by atoms with Gasteiger partial charge in [-0.25, -0.2) is 8.42 Å². The molecule has 7 nitrogen and oxygen atoms in total. The number of nitrogens with one attached hydrogen (secondary N) is 1. The average molecular weight is 391 g/mol. The number of rotatable bonds is 3. The number of carbonyl (C=O) groups excluding carboxylic acids is 1. The van der Waals surface area contributed by atoms with Gasteiger partial charge in [0, 0.05) is 31.9 Å². The minimum Gasteiger partial charge on any atom is -0.335 e. The number of H-pyrrole nitrogens is 1. The number of hydrogen-bond acceptors (Lipinski definition) is 4. The van der Waals surface area contributed by atoms with Crippen LogP contribution in [0.25, 0.3) is 0 Å². The maximum absolute atomic E-state index is 12.9. The third-order valence-corrected chi connectivity index (χ3v) is 6.72. The number of piperazine rings is 1. The maximum Gasteiger partial charge on any atom is 0.274 e. The number of aromatic nitrogens is 2. The van der Waals surface area contributed by atoms with E-state index in [9.17, 15) is 13.2 Å². The van der Waals surface area contributed by atoms with Crippen LogP contribution < -0.4 is 0 Å². The normalized spacial score (nSPS) is 16.5. The van der Waals surface area contributed by atoms with Crippen molar-refractivity contribution in [2.24, 2.45) is 0 Å². The van der Waals surface area contributed by atoms with Gasteiger partial charge in [0.25, 0.3) is 5.91 Å². The molecule has 1 N–H and O–H groups in total. The molecule has 1 aliphatic heterocycles. The Morgan fingerprint density at radius 3 is 2.15 bits per heavy atom. The molecule has 1 aliphatic rings. The molecule has 2 aromatic rings. The Morgan fingerprint density at radius 1 is 1.07 bits per heavy atom. The van der Waals surface area contributed by atoms with Crippen LogP contribution in [0.2, 0.25) is 0 Å². The molecule has 27 heavy (non-hydrogen) atoms. The van der Waals surface area contributed by atoms with Crippen molar-refractivity contribution >= 4 is 15.9 Å². The molecule has 1 aromatic heterocycles. The number of hydrogen-bond donors (Lipinski definition) is 1. The van der Waals surface area contributed by atoms with Gasteiger partial charge in [-0.05, 0) is 36.1 Å². The highest BCUT2D eigenvalue weighted by molar-refractivity contribution is 7.89. The van der Waals surface area contributed by atoms with E-state index in [1.165, 1.54) is 4.31 Å². The van der Waals surface area contributed by atoms with E-state index in [2.05, 4.69) is 31.0 Å². The summed E-state index contributed by atoms with van der Waals surface area (Å²) < 4.78 is 27.2. The van der Waals surface area contributed by atoms with E-state index in [4.69, 9.17) is 0 Å². The smallest absolute Gasteiger partial charge is 0.274 e. The van der Waals surface area contributed by atoms with Crippen LogP contribution in [0, 0.1) is 6.92 Å². The second-order valence-electron chi connectivity index (χ2n) is 7.91. The molecule has 1 amide bonds. The molecule has 0 saturated carbocycles. The lowest BCUT2D eigenvalue weighted by Crippen LogP contribution is -2.50. The fourth-order valence-corrected chi connectivity index (χ4v) is 4.52. The van der Waals surface area contributed by atoms with Gasteiger partial charge in [0.05, 0.1) is 4.90 Å². The second-order valence-corrected chi connectivity index (χ2v) is 9.84. The highest BCUT2D eigenvalue weighted by Crippen LogP contribution is 2.25. The lowest BCUT2D eigenvalue weighted by atomic mass is 9.87. The molecule has 0 unspecified atom stereocenters. The monoisotopic (exact) mass is 390 g/mol. The van der Waals surface area contributed by atoms with E-state index in [-0.39, 0.29) is 24.4 Å². The van der Waals surface area contributed by atoms with Crippen LogP contribution in [0.1, 0.15) is 42.5 Å². The fraction of sp³-hybridized carbons (Fsp3) is 0.474. The summed E-state index contributed by atoms with van der Waals surface area (Å²) in [5.41, 5.74) is 2.24. The molecule has 0 bridgehead atoms. The van der Waals surface area contributed by atoms with Crippen molar-refractivity contribution in [2.45, 2.75) is 38.0 Å². The topological polar surface area (TPSA) is 86.4 Å². The average Bonchev–Trinajstić information content (AvgIpc) is 3.07. The van der Waals surface area contributed by atoms with E-state index in [1.807, 2.05) is 19.1 Å². The van der Waals surface area contributed by atoms with Gasteiger partial charge in [-0.3, -0.25) is 9.89 Å². The van der Waals surface area contributed by atoms with Gasteiger partial charge >= 0.3 is 0 Å². The molecule has 1 saturated heterocycles. The van der Waals surface area contributed by atoms with Crippen molar-refractivity contribution in [3.63, 3.8) is 0 Å². The number of amides is 1. The Labute approximate surface area is 160 Å². The Morgan fingerprint density at radius 2 is 1.67 bits per heavy atom. The summed E-state index contributed by atoms with van der Waals surface area (Å²) in [4.78, 5) is 14.4. The maximum atomic E-state index is 12.9. The van der Waals surface area contributed by atoms with Crippen LogP contribution in [0.4, 0.5) is 0 Å². The zero-order chi connectivity index (χ0) is 19.8. The third kappa shape index (κ3) is 4.06. The van der Waals surface area contributed by atoms with Crippen LogP contribution >= 0.6 is 0 Å². The number of benzene rings is 1. The molecule has 2 heterocycles. The summed E-state index contributed by atoms with van der Waals surface area (Å²) in [7, 11) is -3.56. The molecule has 1 aromatic carbocycles. The van der Waals surface area contributed by atoms with Gasteiger partial charge < -0.3 is 4.90 Å². The first-order chi connectivity index (χ1) is 12.6. The summed E-state index contributed by atoms with van der Waals surface area (Å²) in [6.07, 6.45) is 0. The third-order valence-electron chi connectivity index (χ3n) is 4.81. The summed E-state index contributed by atoms with van der Waals surface area (Å²) >= 11 is 0. The first-order valence-electron chi connectivity index (χ1n) is 9.01. The number of aryl methyl sites for hydroxylation is 1. The van der Waals surface area contributed by atoms with Gasteiger partial charge in [-0.15, -0.1) is 0 Å². The molecule has 8 heteroatoms. The summed E-state index contributed by atoms with van der Waals surface area (Å²) in [5, 5.41) is 6.74. The van der Waals surface area contributed by atoms with E-state index >= 15 is 0 Å². The highest BCUT2D eigenvalue weighted by Gasteiger charge is 2.31. The lowest BCUT2D eigenvalue weighted by Gasteiger charge is -2.33. The van der Waals surface area contributed by atoms with Gasteiger partial charge in [0.2, 0.25) is 10.0 Å². The van der Waals surface area contributed by atoms with Gasteiger partial charge in [-0.2, -0.15) is 9.40 Å². The van der Waals surface area contributed by atoms with Crippen molar-refractivity contribution in [1.29, 1.82) is 0 Å². The zero-order valence-corrected chi connectivity index (χ0v) is 17.0. The van der Waals surface area contributed by atoms with E-state index in [0.717, 1.165) is 11.3 Å².